The molecule has 0 spiro atoms. The average Bonchev–Trinajstić information content (AvgIpc) is 3.04. The normalized spacial score (nSPS) is 16.6. The van der Waals surface area contributed by atoms with Gasteiger partial charge in [0.25, 0.3) is 0 Å². The highest BCUT2D eigenvalue weighted by molar-refractivity contribution is 7.99. The third-order valence-corrected chi connectivity index (χ3v) is 6.69. The Kier molecular flexibility index (Phi) is 5.16. The first-order chi connectivity index (χ1) is 13.0. The third kappa shape index (κ3) is 3.72. The van der Waals surface area contributed by atoms with E-state index in [1.165, 1.54) is 22.2 Å². The quantitative estimate of drug-likeness (QED) is 0.390. The molecule has 0 saturated carbocycles. The van der Waals surface area contributed by atoms with Crippen LogP contribution in [0.25, 0.3) is 10.2 Å². The number of anilines is 1. The number of hydrogen-bond acceptors (Lipinski definition) is 7. The number of ketones is 1. The maximum Gasteiger partial charge on any atom is 0.191 e. The molecular formula is C20H21N3O2S2. The van der Waals surface area contributed by atoms with Gasteiger partial charge >= 0.3 is 0 Å². The van der Waals surface area contributed by atoms with Crippen LogP contribution in [-0.4, -0.2) is 27.6 Å². The molecule has 2 N–H and O–H groups in total. The van der Waals surface area contributed by atoms with Crippen LogP contribution in [0, 0.1) is 5.92 Å². The number of aromatic nitrogens is 2. The molecule has 0 fully saturated rings. The van der Waals surface area contributed by atoms with Crippen molar-refractivity contribution in [3.63, 3.8) is 0 Å². The second-order valence-electron chi connectivity index (χ2n) is 6.95. The van der Waals surface area contributed by atoms with Gasteiger partial charge in [-0.05, 0) is 11.5 Å². The maximum absolute atomic E-state index is 12.3. The molecule has 0 aliphatic carbocycles. The molecular weight excluding hydrogens is 378 g/mol. The first-order valence-electron chi connectivity index (χ1n) is 8.93. The van der Waals surface area contributed by atoms with Crippen molar-refractivity contribution in [2.75, 3.05) is 11.5 Å². The number of nitrogen functional groups attached to an aromatic ring is 1. The van der Waals surface area contributed by atoms with E-state index in [9.17, 15) is 4.79 Å². The highest BCUT2D eigenvalue weighted by atomic mass is 32.2. The fraction of sp³-hybridized carbons (Fsp3) is 0.350. The maximum atomic E-state index is 12.3. The molecule has 140 valence electrons. The highest BCUT2D eigenvalue weighted by Crippen LogP contribution is 2.39. The van der Waals surface area contributed by atoms with Crippen molar-refractivity contribution in [3.05, 3.63) is 46.3 Å². The van der Waals surface area contributed by atoms with E-state index in [1.54, 1.807) is 11.3 Å². The van der Waals surface area contributed by atoms with E-state index < -0.39 is 0 Å². The number of thiophene rings is 1. The molecule has 0 saturated heterocycles. The fourth-order valence-electron chi connectivity index (χ4n) is 3.22. The molecule has 1 aromatic carbocycles. The molecule has 5 nitrogen and oxygen atoms in total. The van der Waals surface area contributed by atoms with Gasteiger partial charge in [-0.3, -0.25) is 4.79 Å². The second kappa shape index (κ2) is 7.58. The van der Waals surface area contributed by atoms with Crippen molar-refractivity contribution in [1.82, 2.24) is 9.97 Å². The molecule has 4 rings (SSSR count). The van der Waals surface area contributed by atoms with Crippen LogP contribution >= 0.6 is 23.1 Å². The van der Waals surface area contributed by atoms with Crippen molar-refractivity contribution >= 4 is 44.9 Å². The van der Waals surface area contributed by atoms with Crippen LogP contribution < -0.4 is 5.73 Å². The third-order valence-electron chi connectivity index (χ3n) is 4.75. The van der Waals surface area contributed by atoms with E-state index in [0.717, 1.165) is 16.6 Å². The first-order valence-corrected chi connectivity index (χ1v) is 10.7. The number of benzene rings is 1. The summed E-state index contributed by atoms with van der Waals surface area (Å²) in [5, 5.41) is 1.51. The van der Waals surface area contributed by atoms with E-state index in [1.807, 2.05) is 30.3 Å². The molecule has 0 bridgehead atoms. The number of Topliss-reactive ketones (excluding diaryl/α,β-unsaturated/α-hetero) is 1. The monoisotopic (exact) mass is 399 g/mol. The lowest BCUT2D eigenvalue weighted by molar-refractivity contribution is 0.00203. The molecule has 3 aromatic rings. The molecule has 27 heavy (non-hydrogen) atoms. The molecule has 0 amide bonds. The standard InChI is InChI=1S/C20H21N3O2S2/c1-11(2)15-8-13-16(9-25-15)27-19-17(13)18(21)22-20(23-19)26-10-14(24)12-6-4-3-5-7-12/h3-7,11,15H,8-10H2,1-2H3,(H2,21,22,23). The molecule has 0 radical (unpaired) electrons. The predicted octanol–water partition coefficient (Wildman–Crippen LogP) is 4.35. The van der Waals surface area contributed by atoms with Crippen LogP contribution in [0.2, 0.25) is 0 Å². The van der Waals surface area contributed by atoms with E-state index >= 15 is 0 Å². The zero-order valence-electron chi connectivity index (χ0n) is 15.3. The van der Waals surface area contributed by atoms with Gasteiger partial charge in [-0.2, -0.15) is 0 Å². The lowest BCUT2D eigenvalue weighted by atomic mass is 9.96. The number of carbonyl (C=O) groups is 1. The topological polar surface area (TPSA) is 78.1 Å². The molecule has 3 heterocycles. The van der Waals surface area contributed by atoms with Gasteiger partial charge in [0, 0.05) is 16.9 Å². The summed E-state index contributed by atoms with van der Waals surface area (Å²) < 4.78 is 5.97. The van der Waals surface area contributed by atoms with Gasteiger partial charge in [-0.25, -0.2) is 9.97 Å². The molecule has 1 unspecified atom stereocenters. The summed E-state index contributed by atoms with van der Waals surface area (Å²) >= 11 is 2.95. The largest absolute Gasteiger partial charge is 0.383 e. The van der Waals surface area contributed by atoms with Crippen LogP contribution in [0.15, 0.2) is 35.5 Å². The van der Waals surface area contributed by atoms with Crippen LogP contribution in [-0.2, 0) is 17.8 Å². The first kappa shape index (κ1) is 18.4. The molecule has 7 heteroatoms. The van der Waals surface area contributed by atoms with Gasteiger partial charge in [0.2, 0.25) is 0 Å². The smallest absolute Gasteiger partial charge is 0.191 e. The molecule has 1 atom stereocenters. The Hall–Kier alpha value is -1.96. The zero-order valence-corrected chi connectivity index (χ0v) is 16.9. The van der Waals surface area contributed by atoms with Gasteiger partial charge in [0.15, 0.2) is 10.9 Å². The van der Waals surface area contributed by atoms with Crippen LogP contribution in [0.1, 0.15) is 34.6 Å². The Labute approximate surface area is 166 Å². The van der Waals surface area contributed by atoms with Crippen molar-refractivity contribution in [2.45, 2.75) is 38.1 Å². The number of nitrogens with zero attached hydrogens (tertiary/aromatic N) is 2. The highest BCUT2D eigenvalue weighted by Gasteiger charge is 2.27. The van der Waals surface area contributed by atoms with Crippen LogP contribution in [0.5, 0.6) is 0 Å². The molecule has 2 aromatic heterocycles. The Morgan fingerprint density at radius 3 is 2.85 bits per heavy atom. The van der Waals surface area contributed by atoms with Crippen molar-refractivity contribution in [3.8, 4) is 0 Å². The van der Waals surface area contributed by atoms with Crippen LogP contribution in [0.3, 0.4) is 0 Å². The van der Waals surface area contributed by atoms with Gasteiger partial charge in [-0.15, -0.1) is 11.3 Å². The SMILES string of the molecule is CC(C)C1Cc2c(sc3nc(SCC(=O)c4ccccc4)nc(N)c23)CO1. The fourth-order valence-corrected chi connectivity index (χ4v) is 5.15. The lowest BCUT2D eigenvalue weighted by Gasteiger charge is -2.26. The van der Waals surface area contributed by atoms with Gasteiger partial charge in [0.05, 0.1) is 23.8 Å². The molecule has 1 aliphatic rings. The minimum atomic E-state index is 0.0570. The Balaban J connectivity index is 1.57. The number of carbonyl (C=O) groups excluding carboxylic acids is 1. The summed E-state index contributed by atoms with van der Waals surface area (Å²) in [6.45, 7) is 4.94. The van der Waals surface area contributed by atoms with Crippen molar-refractivity contribution in [2.24, 2.45) is 5.92 Å². The van der Waals surface area contributed by atoms with Gasteiger partial charge in [-0.1, -0.05) is 55.9 Å². The van der Waals surface area contributed by atoms with Crippen LogP contribution in [0.4, 0.5) is 5.82 Å². The van der Waals surface area contributed by atoms with Crippen molar-refractivity contribution < 1.29 is 9.53 Å². The molecule has 1 aliphatic heterocycles. The average molecular weight is 400 g/mol. The number of hydrogen-bond donors (Lipinski definition) is 1. The van der Waals surface area contributed by atoms with E-state index in [-0.39, 0.29) is 11.9 Å². The summed E-state index contributed by atoms with van der Waals surface area (Å²) in [4.78, 5) is 23.5. The Bertz CT molecular complexity index is 986. The second-order valence-corrected chi connectivity index (χ2v) is 8.98. The minimum absolute atomic E-state index is 0.0570. The minimum Gasteiger partial charge on any atom is -0.383 e. The summed E-state index contributed by atoms with van der Waals surface area (Å²) in [6, 6.07) is 9.26. The predicted molar refractivity (Wildman–Crippen MR) is 110 cm³/mol. The Morgan fingerprint density at radius 1 is 1.33 bits per heavy atom. The van der Waals surface area contributed by atoms with E-state index in [0.29, 0.717) is 34.8 Å². The number of thioether (sulfide) groups is 1. The summed E-state index contributed by atoms with van der Waals surface area (Å²) in [7, 11) is 0. The van der Waals surface area contributed by atoms with E-state index in [2.05, 4.69) is 23.8 Å². The summed E-state index contributed by atoms with van der Waals surface area (Å²) in [5.41, 5.74) is 8.21. The van der Waals surface area contributed by atoms with E-state index in [4.69, 9.17) is 10.5 Å². The number of ether oxygens (including phenoxy) is 1. The number of fused-ring (bicyclic) bond motifs is 3. The summed E-state index contributed by atoms with van der Waals surface area (Å²) in [5.74, 6) is 1.30. The lowest BCUT2D eigenvalue weighted by Crippen LogP contribution is -2.26. The Morgan fingerprint density at radius 2 is 2.11 bits per heavy atom. The number of rotatable bonds is 5. The van der Waals surface area contributed by atoms with Gasteiger partial charge < -0.3 is 10.5 Å². The van der Waals surface area contributed by atoms with Gasteiger partial charge in [0.1, 0.15) is 10.6 Å². The summed E-state index contributed by atoms with van der Waals surface area (Å²) in [6.07, 6.45) is 1.05. The van der Waals surface area contributed by atoms with Crippen molar-refractivity contribution in [1.29, 1.82) is 0 Å². The zero-order chi connectivity index (χ0) is 19.0. The number of nitrogens with two attached hydrogens (primary N) is 1.